The first kappa shape index (κ1) is 13.0. The second-order valence-corrected chi connectivity index (χ2v) is 3.93. The van der Waals surface area contributed by atoms with E-state index in [-0.39, 0.29) is 18.8 Å². The van der Waals surface area contributed by atoms with E-state index in [1.807, 2.05) is 30.3 Å². The molecule has 0 spiro atoms. The normalized spacial score (nSPS) is 10.2. The van der Waals surface area contributed by atoms with E-state index < -0.39 is 5.60 Å². The number of hydrogen-bond acceptors (Lipinski definition) is 4. The summed E-state index contributed by atoms with van der Waals surface area (Å²) in [4.78, 5) is 21.1. The molecule has 0 heterocycles. The Bertz CT molecular complexity index is 416. The second-order valence-electron chi connectivity index (χ2n) is 3.93. The van der Waals surface area contributed by atoms with Gasteiger partial charge in [0.1, 0.15) is 6.61 Å². The molecule has 90 valence electrons. The third kappa shape index (κ3) is 3.78. The molecule has 4 nitrogen and oxygen atoms in total. The molecule has 0 aliphatic rings. The molecule has 0 unspecified atom stereocenters. The van der Waals surface area contributed by atoms with Crippen LogP contribution in [0.4, 0.5) is 0 Å². The van der Waals surface area contributed by atoms with Crippen LogP contribution in [0.1, 0.15) is 19.4 Å². The van der Waals surface area contributed by atoms with Gasteiger partial charge in [-0.1, -0.05) is 30.3 Å². The summed E-state index contributed by atoms with van der Waals surface area (Å²) in [5, 5.41) is 0. The van der Waals surface area contributed by atoms with E-state index in [1.165, 1.54) is 0 Å². The minimum atomic E-state index is -1.10. The molecule has 0 atom stereocenters. The molecule has 17 heavy (non-hydrogen) atoms. The molecular weight excluding hydrogens is 220 g/mol. The lowest BCUT2D eigenvalue weighted by Crippen LogP contribution is -2.28. The van der Waals surface area contributed by atoms with Crippen molar-refractivity contribution in [3.63, 3.8) is 0 Å². The molecular formula is C13H14O4. The SMILES string of the molecule is CC(C)(OC=O)C(=C=O)OCc1ccccc1. The molecule has 0 aliphatic carbocycles. The third-order valence-corrected chi connectivity index (χ3v) is 2.21. The zero-order chi connectivity index (χ0) is 12.7. The Morgan fingerprint density at radius 3 is 2.53 bits per heavy atom. The molecule has 0 radical (unpaired) electrons. The summed E-state index contributed by atoms with van der Waals surface area (Å²) < 4.78 is 10.1. The lowest BCUT2D eigenvalue weighted by Gasteiger charge is -2.23. The van der Waals surface area contributed by atoms with Gasteiger partial charge in [0.25, 0.3) is 6.47 Å². The summed E-state index contributed by atoms with van der Waals surface area (Å²) >= 11 is 0. The fourth-order valence-corrected chi connectivity index (χ4v) is 1.23. The minimum absolute atomic E-state index is 0.0338. The van der Waals surface area contributed by atoms with Crippen LogP contribution in [0, 0.1) is 0 Å². The van der Waals surface area contributed by atoms with Gasteiger partial charge >= 0.3 is 0 Å². The van der Waals surface area contributed by atoms with Crippen LogP contribution >= 0.6 is 0 Å². The van der Waals surface area contributed by atoms with Gasteiger partial charge in [-0.05, 0) is 19.4 Å². The summed E-state index contributed by atoms with van der Waals surface area (Å²) in [7, 11) is 0. The zero-order valence-corrected chi connectivity index (χ0v) is 9.80. The molecule has 0 amide bonds. The number of carbonyl (C=O) groups excluding carboxylic acids is 2. The molecule has 4 heteroatoms. The van der Waals surface area contributed by atoms with Gasteiger partial charge in [-0.2, -0.15) is 0 Å². The highest BCUT2D eigenvalue weighted by Crippen LogP contribution is 2.20. The first-order chi connectivity index (χ1) is 8.10. The van der Waals surface area contributed by atoms with Crippen LogP contribution in [0.2, 0.25) is 0 Å². The van der Waals surface area contributed by atoms with Crippen molar-refractivity contribution in [3.05, 3.63) is 41.7 Å². The Hall–Kier alpha value is -2.06. The number of benzene rings is 1. The first-order valence-electron chi connectivity index (χ1n) is 5.14. The summed E-state index contributed by atoms with van der Waals surface area (Å²) in [5.74, 6) is 1.62. The van der Waals surface area contributed by atoms with E-state index in [1.54, 1.807) is 19.8 Å². The largest absolute Gasteiger partial charge is 0.479 e. The maximum Gasteiger partial charge on any atom is 0.294 e. The Labute approximate surface area is 99.8 Å². The van der Waals surface area contributed by atoms with E-state index in [0.717, 1.165) is 5.56 Å². The molecule has 0 N–H and O–H groups in total. The Morgan fingerprint density at radius 1 is 1.35 bits per heavy atom. The molecule has 0 saturated carbocycles. The lowest BCUT2D eigenvalue weighted by molar-refractivity contribution is -0.140. The summed E-state index contributed by atoms with van der Waals surface area (Å²) in [6.45, 7) is 3.64. The van der Waals surface area contributed by atoms with E-state index in [4.69, 9.17) is 9.47 Å². The van der Waals surface area contributed by atoms with Crippen molar-refractivity contribution in [3.8, 4) is 0 Å². The van der Waals surface area contributed by atoms with Gasteiger partial charge in [0.05, 0.1) is 0 Å². The monoisotopic (exact) mass is 234 g/mol. The summed E-state index contributed by atoms with van der Waals surface area (Å²) in [6, 6.07) is 9.37. The van der Waals surface area contributed by atoms with Crippen LogP contribution in [0.3, 0.4) is 0 Å². The zero-order valence-electron chi connectivity index (χ0n) is 9.80. The Kier molecular flexibility index (Phi) is 4.49. The topological polar surface area (TPSA) is 52.6 Å². The van der Waals surface area contributed by atoms with Gasteiger partial charge in [-0.3, -0.25) is 4.79 Å². The van der Waals surface area contributed by atoms with Crippen molar-refractivity contribution in [2.45, 2.75) is 26.1 Å². The minimum Gasteiger partial charge on any atom is -0.479 e. The Morgan fingerprint density at radius 2 is 2.00 bits per heavy atom. The first-order valence-corrected chi connectivity index (χ1v) is 5.14. The maximum absolute atomic E-state index is 10.8. The number of rotatable bonds is 6. The van der Waals surface area contributed by atoms with Crippen molar-refractivity contribution in [2.24, 2.45) is 0 Å². The standard InChI is InChI=1S/C13H14O4/c1-13(2,17-10-15)12(8-14)16-9-11-6-4-3-5-7-11/h3-7,10H,9H2,1-2H3. The van der Waals surface area contributed by atoms with E-state index in [9.17, 15) is 9.59 Å². The van der Waals surface area contributed by atoms with Crippen molar-refractivity contribution in [2.75, 3.05) is 0 Å². The predicted octanol–water partition coefficient (Wildman–Crippen LogP) is 1.87. The van der Waals surface area contributed by atoms with Crippen LogP contribution in [-0.4, -0.2) is 18.0 Å². The highest BCUT2D eigenvalue weighted by atomic mass is 16.6. The molecule has 1 aromatic rings. The van der Waals surface area contributed by atoms with Crippen LogP contribution in [0.15, 0.2) is 36.1 Å². The van der Waals surface area contributed by atoms with Crippen molar-refractivity contribution < 1.29 is 19.1 Å². The summed E-state index contributed by atoms with van der Waals surface area (Å²) in [5.41, 5.74) is -0.180. The average Bonchev–Trinajstić information content (AvgIpc) is 2.30. The Balaban J connectivity index is 2.67. The summed E-state index contributed by atoms with van der Waals surface area (Å²) in [6.07, 6.45) is 0. The van der Waals surface area contributed by atoms with Crippen molar-refractivity contribution in [1.29, 1.82) is 0 Å². The fourth-order valence-electron chi connectivity index (χ4n) is 1.23. The molecule has 0 saturated heterocycles. The van der Waals surface area contributed by atoms with E-state index >= 15 is 0 Å². The molecule has 1 aromatic carbocycles. The molecule has 0 aromatic heterocycles. The third-order valence-electron chi connectivity index (χ3n) is 2.21. The van der Waals surface area contributed by atoms with Gasteiger partial charge in [-0.25, -0.2) is 4.79 Å². The molecule has 1 rings (SSSR count). The molecule has 0 bridgehead atoms. The van der Waals surface area contributed by atoms with Gasteiger partial charge in [0.15, 0.2) is 11.5 Å². The van der Waals surface area contributed by atoms with Gasteiger partial charge < -0.3 is 9.47 Å². The van der Waals surface area contributed by atoms with Crippen LogP contribution < -0.4 is 0 Å². The molecule has 0 fully saturated rings. The van der Waals surface area contributed by atoms with Gasteiger partial charge in [0, 0.05) is 0 Å². The van der Waals surface area contributed by atoms with Crippen LogP contribution in [0.25, 0.3) is 0 Å². The van der Waals surface area contributed by atoms with Gasteiger partial charge in [0.2, 0.25) is 5.76 Å². The van der Waals surface area contributed by atoms with Gasteiger partial charge in [-0.15, -0.1) is 0 Å². The highest BCUT2D eigenvalue weighted by Gasteiger charge is 2.28. The second kappa shape index (κ2) is 5.87. The predicted molar refractivity (Wildman–Crippen MR) is 61.7 cm³/mol. The smallest absolute Gasteiger partial charge is 0.294 e. The lowest BCUT2D eigenvalue weighted by atomic mass is 10.1. The van der Waals surface area contributed by atoms with E-state index in [0.29, 0.717) is 0 Å². The van der Waals surface area contributed by atoms with E-state index in [2.05, 4.69) is 0 Å². The maximum atomic E-state index is 10.8. The quantitative estimate of drug-likeness (QED) is 0.428. The van der Waals surface area contributed by atoms with Crippen molar-refractivity contribution in [1.82, 2.24) is 0 Å². The number of hydrogen-bond donors (Lipinski definition) is 0. The molecule has 0 aliphatic heterocycles. The van der Waals surface area contributed by atoms with Crippen LogP contribution in [-0.2, 0) is 25.7 Å². The fraction of sp³-hybridized carbons (Fsp3) is 0.308. The highest BCUT2D eigenvalue weighted by molar-refractivity contribution is 5.54. The number of carbonyl (C=O) groups is 1. The van der Waals surface area contributed by atoms with Crippen molar-refractivity contribution >= 4 is 12.4 Å². The average molecular weight is 234 g/mol. The van der Waals surface area contributed by atoms with Crippen LogP contribution in [0.5, 0.6) is 0 Å². The number of ether oxygens (including phenoxy) is 2.